The van der Waals surface area contributed by atoms with E-state index in [1.165, 1.54) is 0 Å². The van der Waals surface area contributed by atoms with E-state index in [0.29, 0.717) is 17.2 Å². The van der Waals surface area contributed by atoms with Gasteiger partial charge in [0, 0.05) is 11.9 Å². The van der Waals surface area contributed by atoms with Gasteiger partial charge >= 0.3 is 0 Å². The summed E-state index contributed by atoms with van der Waals surface area (Å²) in [5.41, 5.74) is 1.21. The molecule has 0 radical (unpaired) electrons. The molecule has 0 atom stereocenters. The maximum Gasteiger partial charge on any atom is 0.238 e. The summed E-state index contributed by atoms with van der Waals surface area (Å²) in [4.78, 5) is 4.39. The molecule has 0 saturated heterocycles. The fourth-order valence-corrected chi connectivity index (χ4v) is 1.94. The number of pyridine rings is 1. The average Bonchev–Trinajstić information content (AvgIpc) is 2.94. The number of nitrogens with zero attached hydrogens (tertiary/aromatic N) is 4. The maximum atomic E-state index is 9.22. The fourth-order valence-electron chi connectivity index (χ4n) is 1.94. The van der Waals surface area contributed by atoms with E-state index in [-0.39, 0.29) is 0 Å². The lowest BCUT2D eigenvalue weighted by molar-refractivity contribution is 0.462. The zero-order chi connectivity index (χ0) is 13.9. The van der Waals surface area contributed by atoms with Crippen LogP contribution in [0.4, 0.5) is 0 Å². The first kappa shape index (κ1) is 12.2. The SMILES string of the molecule is CCn1cc(Oc2nc3ccccc3cc2C#N)cn1. The molecular weight excluding hydrogens is 252 g/mol. The number of aryl methyl sites for hydroxylation is 1. The highest BCUT2D eigenvalue weighted by atomic mass is 16.5. The van der Waals surface area contributed by atoms with Crippen molar-refractivity contribution < 1.29 is 4.74 Å². The average molecular weight is 264 g/mol. The molecule has 3 aromatic rings. The van der Waals surface area contributed by atoms with Crippen LogP contribution in [0.25, 0.3) is 10.9 Å². The van der Waals surface area contributed by atoms with Gasteiger partial charge in [0.25, 0.3) is 0 Å². The number of hydrogen-bond acceptors (Lipinski definition) is 4. The van der Waals surface area contributed by atoms with Crippen LogP contribution in [0.3, 0.4) is 0 Å². The normalized spacial score (nSPS) is 10.4. The topological polar surface area (TPSA) is 63.7 Å². The van der Waals surface area contributed by atoms with Gasteiger partial charge in [-0.3, -0.25) is 4.68 Å². The van der Waals surface area contributed by atoms with Gasteiger partial charge in [-0.05, 0) is 19.1 Å². The van der Waals surface area contributed by atoms with Gasteiger partial charge in [0.05, 0.1) is 17.9 Å². The summed E-state index contributed by atoms with van der Waals surface area (Å²) >= 11 is 0. The molecular formula is C15H12N4O. The summed E-state index contributed by atoms with van der Waals surface area (Å²) in [6, 6.07) is 11.5. The Morgan fingerprint density at radius 3 is 2.95 bits per heavy atom. The molecule has 0 fully saturated rings. The lowest BCUT2D eigenvalue weighted by Gasteiger charge is -2.05. The second-order valence-corrected chi connectivity index (χ2v) is 4.28. The maximum absolute atomic E-state index is 9.22. The number of hydrogen-bond donors (Lipinski definition) is 0. The molecule has 5 nitrogen and oxygen atoms in total. The Kier molecular flexibility index (Phi) is 3.05. The van der Waals surface area contributed by atoms with Gasteiger partial charge in [-0.15, -0.1) is 0 Å². The molecule has 0 N–H and O–H groups in total. The number of ether oxygens (including phenoxy) is 1. The molecule has 0 aliphatic carbocycles. The Balaban J connectivity index is 2.03. The van der Waals surface area contributed by atoms with E-state index in [1.54, 1.807) is 23.1 Å². The van der Waals surface area contributed by atoms with Crippen LogP contribution >= 0.6 is 0 Å². The third kappa shape index (κ3) is 2.19. The first-order chi connectivity index (χ1) is 9.80. The number of fused-ring (bicyclic) bond motifs is 1. The largest absolute Gasteiger partial charge is 0.434 e. The van der Waals surface area contributed by atoms with Crippen molar-refractivity contribution in [1.29, 1.82) is 5.26 Å². The molecule has 5 heteroatoms. The predicted molar refractivity (Wildman–Crippen MR) is 74.4 cm³/mol. The van der Waals surface area contributed by atoms with Crippen LogP contribution in [0, 0.1) is 11.3 Å². The first-order valence-electron chi connectivity index (χ1n) is 6.30. The van der Waals surface area contributed by atoms with Crippen LogP contribution in [-0.4, -0.2) is 14.8 Å². The number of rotatable bonds is 3. The van der Waals surface area contributed by atoms with Crippen molar-refractivity contribution in [3.05, 3.63) is 48.3 Å². The highest BCUT2D eigenvalue weighted by Gasteiger charge is 2.10. The van der Waals surface area contributed by atoms with Crippen LogP contribution < -0.4 is 4.74 Å². The molecule has 2 heterocycles. The van der Waals surface area contributed by atoms with Gasteiger partial charge < -0.3 is 4.74 Å². The number of nitriles is 1. The zero-order valence-electron chi connectivity index (χ0n) is 10.9. The Morgan fingerprint density at radius 1 is 1.35 bits per heavy atom. The lowest BCUT2D eigenvalue weighted by Crippen LogP contribution is -1.93. The highest BCUT2D eigenvalue weighted by molar-refractivity contribution is 5.80. The van der Waals surface area contributed by atoms with Crippen LogP contribution in [0.15, 0.2) is 42.7 Å². The van der Waals surface area contributed by atoms with Crippen LogP contribution in [-0.2, 0) is 6.54 Å². The second-order valence-electron chi connectivity index (χ2n) is 4.28. The molecule has 0 aliphatic rings. The summed E-state index contributed by atoms with van der Waals surface area (Å²) in [5, 5.41) is 14.3. The van der Waals surface area contributed by atoms with Crippen LogP contribution in [0.5, 0.6) is 11.6 Å². The summed E-state index contributed by atoms with van der Waals surface area (Å²) in [6.45, 7) is 2.76. The molecule has 98 valence electrons. The number of aromatic nitrogens is 3. The van der Waals surface area contributed by atoms with E-state index in [9.17, 15) is 5.26 Å². The molecule has 0 amide bonds. The molecule has 0 aliphatic heterocycles. The van der Waals surface area contributed by atoms with E-state index in [4.69, 9.17) is 4.74 Å². The Bertz CT molecular complexity index is 801. The molecule has 0 bridgehead atoms. The van der Waals surface area contributed by atoms with Crippen molar-refractivity contribution in [3.63, 3.8) is 0 Å². The summed E-state index contributed by atoms with van der Waals surface area (Å²) < 4.78 is 7.43. The minimum Gasteiger partial charge on any atom is -0.434 e. The molecule has 0 spiro atoms. The van der Waals surface area contributed by atoms with Crippen molar-refractivity contribution >= 4 is 10.9 Å². The standard InChI is InChI=1S/C15H12N4O/c1-2-19-10-13(9-17-19)20-15-12(8-16)7-11-5-3-4-6-14(11)18-15/h3-7,9-10H,2H2,1H3. The zero-order valence-corrected chi connectivity index (χ0v) is 10.9. The molecule has 3 rings (SSSR count). The summed E-state index contributed by atoms with van der Waals surface area (Å²) in [5.74, 6) is 0.882. The Hall–Kier alpha value is -2.87. The van der Waals surface area contributed by atoms with E-state index in [1.807, 2.05) is 31.2 Å². The first-order valence-corrected chi connectivity index (χ1v) is 6.30. The van der Waals surface area contributed by atoms with Gasteiger partial charge in [0.2, 0.25) is 5.88 Å². The smallest absolute Gasteiger partial charge is 0.238 e. The highest BCUT2D eigenvalue weighted by Crippen LogP contribution is 2.26. The van der Waals surface area contributed by atoms with Gasteiger partial charge in [-0.1, -0.05) is 18.2 Å². The van der Waals surface area contributed by atoms with Crippen molar-refractivity contribution in [2.45, 2.75) is 13.5 Å². The third-order valence-electron chi connectivity index (χ3n) is 2.96. The Labute approximate surface area is 116 Å². The summed E-state index contributed by atoms with van der Waals surface area (Å²) in [6.07, 6.45) is 3.39. The quantitative estimate of drug-likeness (QED) is 0.729. The van der Waals surface area contributed by atoms with E-state index >= 15 is 0 Å². The van der Waals surface area contributed by atoms with E-state index in [0.717, 1.165) is 17.4 Å². The van der Waals surface area contributed by atoms with Crippen molar-refractivity contribution in [3.8, 4) is 17.7 Å². The number of para-hydroxylation sites is 1. The minimum absolute atomic E-state index is 0.307. The molecule has 0 saturated carbocycles. The minimum atomic E-state index is 0.307. The van der Waals surface area contributed by atoms with Crippen molar-refractivity contribution in [2.75, 3.05) is 0 Å². The lowest BCUT2D eigenvalue weighted by atomic mass is 10.1. The molecule has 1 aromatic carbocycles. The summed E-state index contributed by atoms with van der Waals surface area (Å²) in [7, 11) is 0. The van der Waals surface area contributed by atoms with E-state index in [2.05, 4.69) is 16.2 Å². The van der Waals surface area contributed by atoms with Gasteiger partial charge in [0.1, 0.15) is 11.6 Å². The van der Waals surface area contributed by atoms with Crippen LogP contribution in [0.2, 0.25) is 0 Å². The molecule has 0 unspecified atom stereocenters. The van der Waals surface area contributed by atoms with Crippen LogP contribution in [0.1, 0.15) is 12.5 Å². The van der Waals surface area contributed by atoms with E-state index < -0.39 is 0 Å². The third-order valence-corrected chi connectivity index (χ3v) is 2.96. The monoisotopic (exact) mass is 264 g/mol. The van der Waals surface area contributed by atoms with Gasteiger partial charge in [-0.2, -0.15) is 10.4 Å². The molecule has 20 heavy (non-hydrogen) atoms. The second kappa shape index (κ2) is 5.02. The van der Waals surface area contributed by atoms with Gasteiger partial charge in [0.15, 0.2) is 5.75 Å². The molecule has 2 aromatic heterocycles. The number of benzene rings is 1. The van der Waals surface area contributed by atoms with Gasteiger partial charge in [-0.25, -0.2) is 4.98 Å². The Morgan fingerprint density at radius 2 is 2.20 bits per heavy atom. The van der Waals surface area contributed by atoms with Crippen molar-refractivity contribution in [2.24, 2.45) is 0 Å². The predicted octanol–water partition coefficient (Wildman–Crippen LogP) is 3.12. The van der Waals surface area contributed by atoms with Crippen molar-refractivity contribution in [1.82, 2.24) is 14.8 Å². The fraction of sp³-hybridized carbons (Fsp3) is 0.133.